The summed E-state index contributed by atoms with van der Waals surface area (Å²) < 4.78 is 4.93. The van der Waals surface area contributed by atoms with E-state index in [4.69, 9.17) is 10.5 Å². The van der Waals surface area contributed by atoms with E-state index in [1.807, 2.05) is 0 Å². The summed E-state index contributed by atoms with van der Waals surface area (Å²) >= 11 is 0. The summed E-state index contributed by atoms with van der Waals surface area (Å²) in [5.74, 6) is 5.05. The molecule has 0 aromatic carbocycles. The first-order valence-corrected chi connectivity index (χ1v) is 15.5. The minimum Gasteiger partial charge on any atom is -0.469 e. The molecule has 5 nitrogen and oxygen atoms in total. The van der Waals surface area contributed by atoms with E-state index in [-0.39, 0.29) is 5.97 Å². The Balaban J connectivity index is 1.29. The topological polar surface area (TPSA) is 76.4 Å². The first-order chi connectivity index (χ1) is 17.3. The van der Waals surface area contributed by atoms with Crippen LogP contribution < -0.4 is 16.4 Å². The molecule has 5 unspecified atom stereocenters. The van der Waals surface area contributed by atoms with Crippen molar-refractivity contribution < 1.29 is 9.53 Å². The first kappa shape index (κ1) is 28.4. The summed E-state index contributed by atoms with van der Waals surface area (Å²) in [6, 6.07) is 0.726. The van der Waals surface area contributed by atoms with Crippen molar-refractivity contribution in [2.24, 2.45) is 52.1 Å². The molecule has 0 aromatic heterocycles. The number of fused-ring (bicyclic) bond motifs is 5. The molecule has 4 saturated carbocycles. The van der Waals surface area contributed by atoms with Crippen LogP contribution in [0.2, 0.25) is 0 Å². The standard InChI is InChI=1S/C31H57N3O2/c1-22(7-12-29(35)36-4)26-10-11-27-25-9-8-23-21-24(34-20-6-19-33-18-5-17-32)13-15-30(23,2)28(25)14-16-31(26,27)3/h22-28,33-34H,5-21,32H2,1-4H3/t22-,23?,24+,25?,26?,27?,28?,30+,31-/m1/s1. The molecule has 9 atom stereocenters. The number of hydrogen-bond acceptors (Lipinski definition) is 5. The molecule has 0 saturated heterocycles. The predicted octanol–water partition coefficient (Wildman–Crippen LogP) is 5.52. The van der Waals surface area contributed by atoms with Gasteiger partial charge in [0.1, 0.15) is 0 Å². The summed E-state index contributed by atoms with van der Waals surface area (Å²) in [6.07, 6.45) is 16.6. The Morgan fingerprint density at radius 1 is 0.972 bits per heavy atom. The highest BCUT2D eigenvalue weighted by Gasteiger charge is 2.60. The molecule has 4 rings (SSSR count). The molecular weight excluding hydrogens is 446 g/mol. The number of methoxy groups -OCH3 is 1. The Bertz CT molecular complexity index is 716. The van der Waals surface area contributed by atoms with Gasteiger partial charge in [-0.2, -0.15) is 0 Å². The van der Waals surface area contributed by atoms with Crippen LogP contribution in [0.25, 0.3) is 0 Å². The van der Waals surface area contributed by atoms with Gasteiger partial charge in [-0.05, 0) is 150 Å². The number of nitrogens with two attached hydrogens (primary N) is 1. The average Bonchev–Trinajstić information content (AvgIpc) is 3.23. The summed E-state index contributed by atoms with van der Waals surface area (Å²) in [6.45, 7) is 11.8. The zero-order valence-electron chi connectivity index (χ0n) is 24.0. The fraction of sp³-hybridized carbons (Fsp3) is 0.968. The third-order valence-electron chi connectivity index (χ3n) is 12.0. The normalized spacial score (nSPS) is 40.7. The fourth-order valence-corrected chi connectivity index (χ4v) is 9.94. The lowest BCUT2D eigenvalue weighted by molar-refractivity contribution is -0.141. The molecule has 4 fully saturated rings. The molecule has 208 valence electrons. The monoisotopic (exact) mass is 503 g/mol. The van der Waals surface area contributed by atoms with E-state index in [0.717, 1.165) is 74.7 Å². The van der Waals surface area contributed by atoms with E-state index in [0.29, 0.717) is 23.2 Å². The van der Waals surface area contributed by atoms with Gasteiger partial charge in [-0.15, -0.1) is 0 Å². The van der Waals surface area contributed by atoms with Crippen molar-refractivity contribution in [3.8, 4) is 0 Å². The first-order valence-electron chi connectivity index (χ1n) is 15.5. The van der Waals surface area contributed by atoms with Crippen molar-refractivity contribution >= 4 is 5.97 Å². The third kappa shape index (κ3) is 5.83. The lowest BCUT2D eigenvalue weighted by Crippen LogP contribution is -2.55. The molecule has 5 heteroatoms. The fourth-order valence-electron chi connectivity index (χ4n) is 9.94. The number of esters is 1. The predicted molar refractivity (Wildman–Crippen MR) is 149 cm³/mol. The minimum atomic E-state index is -0.0409. The molecule has 0 radical (unpaired) electrons. The van der Waals surface area contributed by atoms with Gasteiger partial charge in [0.05, 0.1) is 7.11 Å². The van der Waals surface area contributed by atoms with Gasteiger partial charge in [0.2, 0.25) is 0 Å². The van der Waals surface area contributed by atoms with Crippen LogP contribution in [0.15, 0.2) is 0 Å². The van der Waals surface area contributed by atoms with Crippen LogP contribution in [0.5, 0.6) is 0 Å². The van der Waals surface area contributed by atoms with Gasteiger partial charge in [-0.3, -0.25) is 4.79 Å². The average molecular weight is 504 g/mol. The van der Waals surface area contributed by atoms with Crippen LogP contribution in [0.1, 0.15) is 104 Å². The van der Waals surface area contributed by atoms with Crippen molar-refractivity contribution in [1.82, 2.24) is 10.6 Å². The zero-order chi connectivity index (χ0) is 25.8. The second-order valence-electron chi connectivity index (χ2n) is 13.6. The minimum absolute atomic E-state index is 0.0409. The summed E-state index contributed by atoms with van der Waals surface area (Å²) in [4.78, 5) is 11.8. The molecular formula is C31H57N3O2. The summed E-state index contributed by atoms with van der Waals surface area (Å²) in [7, 11) is 1.52. The molecule has 0 amide bonds. The largest absolute Gasteiger partial charge is 0.469 e. The lowest BCUT2D eigenvalue weighted by Gasteiger charge is -2.61. The Hall–Kier alpha value is -0.650. The van der Waals surface area contributed by atoms with Gasteiger partial charge >= 0.3 is 5.97 Å². The van der Waals surface area contributed by atoms with E-state index in [1.165, 1.54) is 71.3 Å². The number of hydrogen-bond donors (Lipinski definition) is 3. The molecule has 4 N–H and O–H groups in total. The van der Waals surface area contributed by atoms with E-state index >= 15 is 0 Å². The Morgan fingerprint density at radius 3 is 2.50 bits per heavy atom. The van der Waals surface area contributed by atoms with Crippen LogP contribution in [0, 0.1) is 46.3 Å². The van der Waals surface area contributed by atoms with Gasteiger partial charge in [0.25, 0.3) is 0 Å². The molecule has 36 heavy (non-hydrogen) atoms. The van der Waals surface area contributed by atoms with Crippen LogP contribution in [0.4, 0.5) is 0 Å². The van der Waals surface area contributed by atoms with Gasteiger partial charge < -0.3 is 21.1 Å². The third-order valence-corrected chi connectivity index (χ3v) is 12.0. The summed E-state index contributed by atoms with van der Waals surface area (Å²) in [5, 5.41) is 7.43. The number of carbonyl (C=O) groups is 1. The molecule has 0 aliphatic heterocycles. The van der Waals surface area contributed by atoms with Crippen molar-refractivity contribution in [1.29, 1.82) is 0 Å². The van der Waals surface area contributed by atoms with Gasteiger partial charge in [-0.25, -0.2) is 0 Å². The highest BCUT2D eigenvalue weighted by Crippen LogP contribution is 2.68. The molecule has 0 spiro atoms. The molecule has 0 bridgehead atoms. The molecule has 4 aliphatic carbocycles. The van der Waals surface area contributed by atoms with E-state index < -0.39 is 0 Å². The SMILES string of the molecule is COC(=O)CC[C@@H](C)C1CCC2C3CCC4C[C@@H](NCCCNCCCN)CC[C@]4(C)C3CC[C@@]21C. The maximum Gasteiger partial charge on any atom is 0.305 e. The lowest BCUT2D eigenvalue weighted by atomic mass is 9.44. The highest BCUT2D eigenvalue weighted by molar-refractivity contribution is 5.69. The van der Waals surface area contributed by atoms with Crippen LogP contribution in [0.3, 0.4) is 0 Å². The second kappa shape index (κ2) is 12.5. The molecule has 0 aromatic rings. The van der Waals surface area contributed by atoms with Gasteiger partial charge in [-0.1, -0.05) is 20.8 Å². The van der Waals surface area contributed by atoms with Crippen molar-refractivity contribution in [3.63, 3.8) is 0 Å². The second-order valence-corrected chi connectivity index (χ2v) is 13.6. The van der Waals surface area contributed by atoms with Crippen LogP contribution >= 0.6 is 0 Å². The van der Waals surface area contributed by atoms with Crippen molar-refractivity contribution in [2.75, 3.05) is 33.3 Å². The summed E-state index contributed by atoms with van der Waals surface area (Å²) in [5.41, 5.74) is 6.62. The quantitative estimate of drug-likeness (QED) is 0.241. The van der Waals surface area contributed by atoms with Gasteiger partial charge in [0.15, 0.2) is 0 Å². The van der Waals surface area contributed by atoms with Gasteiger partial charge in [0, 0.05) is 12.5 Å². The maximum atomic E-state index is 11.8. The van der Waals surface area contributed by atoms with E-state index in [2.05, 4.69) is 31.4 Å². The van der Waals surface area contributed by atoms with Crippen LogP contribution in [-0.2, 0) is 9.53 Å². The molecule has 0 heterocycles. The van der Waals surface area contributed by atoms with E-state index in [1.54, 1.807) is 0 Å². The van der Waals surface area contributed by atoms with E-state index in [9.17, 15) is 4.79 Å². The number of ether oxygens (including phenoxy) is 1. The number of nitrogens with one attached hydrogen (secondary N) is 2. The Labute approximate surface area is 221 Å². The smallest absolute Gasteiger partial charge is 0.305 e. The molecule has 4 aliphatic rings. The zero-order valence-corrected chi connectivity index (χ0v) is 24.0. The number of rotatable bonds is 12. The maximum absolute atomic E-state index is 11.8. The Kier molecular flexibility index (Phi) is 9.82. The highest BCUT2D eigenvalue weighted by atomic mass is 16.5. The van der Waals surface area contributed by atoms with Crippen molar-refractivity contribution in [3.05, 3.63) is 0 Å². The number of carbonyl (C=O) groups excluding carboxylic acids is 1. The van der Waals surface area contributed by atoms with Crippen molar-refractivity contribution in [2.45, 2.75) is 110 Å². The Morgan fingerprint density at radius 2 is 1.72 bits per heavy atom. The van der Waals surface area contributed by atoms with Crippen LogP contribution in [-0.4, -0.2) is 45.3 Å².